The van der Waals surface area contributed by atoms with Crippen LogP contribution in [0.3, 0.4) is 0 Å². The van der Waals surface area contributed by atoms with Gasteiger partial charge in [0.1, 0.15) is 29.9 Å². The Hall–Kier alpha value is -2.62. The number of benzene rings is 1. The van der Waals surface area contributed by atoms with Crippen molar-refractivity contribution in [2.24, 2.45) is 0 Å². The van der Waals surface area contributed by atoms with E-state index < -0.39 is 11.2 Å². The molecule has 0 unspecified atom stereocenters. The van der Waals surface area contributed by atoms with E-state index in [2.05, 4.69) is 20.3 Å². The second-order valence-electron chi connectivity index (χ2n) is 5.55. The van der Waals surface area contributed by atoms with Crippen LogP contribution in [0.5, 0.6) is 11.5 Å². The number of anilines is 1. The van der Waals surface area contributed by atoms with Gasteiger partial charge in [-0.15, -0.1) is 0 Å². The van der Waals surface area contributed by atoms with E-state index >= 15 is 0 Å². The van der Waals surface area contributed by atoms with Crippen LogP contribution in [0.1, 0.15) is 10.6 Å². The van der Waals surface area contributed by atoms with Gasteiger partial charge < -0.3 is 14.8 Å². The van der Waals surface area contributed by atoms with E-state index in [1.807, 2.05) is 18.2 Å². The van der Waals surface area contributed by atoms with Gasteiger partial charge in [0.05, 0.1) is 0 Å². The molecular formula is C16H13F3N4O2S. The number of nitrogens with one attached hydrogen (secondary N) is 1. The number of thiazole rings is 1. The van der Waals surface area contributed by atoms with Gasteiger partial charge in [-0.2, -0.15) is 13.2 Å². The number of fused-ring (bicyclic) bond motifs is 2. The average molecular weight is 382 g/mol. The van der Waals surface area contributed by atoms with Gasteiger partial charge >= 0.3 is 6.18 Å². The third-order valence-corrected chi connectivity index (χ3v) is 4.76. The number of hydrogen-bond acceptors (Lipinski definition) is 7. The molecule has 6 nitrogen and oxygen atoms in total. The molecule has 0 aliphatic carbocycles. The Bertz CT molecular complexity index is 945. The van der Waals surface area contributed by atoms with Crippen LogP contribution in [-0.2, 0) is 12.6 Å². The number of nitrogens with zero attached hydrogens (tertiary/aromatic N) is 3. The van der Waals surface area contributed by atoms with E-state index in [0.29, 0.717) is 54.8 Å². The average Bonchev–Trinajstić information content (AvgIpc) is 3.07. The standard InChI is InChI=1S/C16H13F3N4O2S/c17-16(18,19)15-23-12-13(21-8-22-14(12)26-15)20-4-3-9-1-2-10-11(7-9)25-6-5-24-10/h1-2,7-8H,3-6H2,(H,20,21,22). The van der Waals surface area contributed by atoms with Crippen molar-refractivity contribution in [2.75, 3.05) is 25.1 Å². The Labute approximate surface area is 150 Å². The molecule has 1 aliphatic rings. The van der Waals surface area contributed by atoms with Crippen molar-refractivity contribution < 1.29 is 22.6 Å². The zero-order valence-electron chi connectivity index (χ0n) is 13.3. The molecule has 136 valence electrons. The third-order valence-electron chi connectivity index (χ3n) is 3.75. The molecular weight excluding hydrogens is 369 g/mol. The molecule has 2 aromatic heterocycles. The van der Waals surface area contributed by atoms with Crippen molar-refractivity contribution in [3.8, 4) is 11.5 Å². The summed E-state index contributed by atoms with van der Waals surface area (Å²) >= 11 is 0.506. The fraction of sp³-hybridized carbons (Fsp3) is 0.312. The molecule has 3 aromatic rings. The van der Waals surface area contributed by atoms with Crippen LogP contribution >= 0.6 is 11.3 Å². The molecule has 0 fully saturated rings. The summed E-state index contributed by atoms with van der Waals surface area (Å²) < 4.78 is 49.5. The largest absolute Gasteiger partial charge is 0.486 e. The highest BCUT2D eigenvalue weighted by molar-refractivity contribution is 7.18. The summed E-state index contributed by atoms with van der Waals surface area (Å²) in [5.41, 5.74) is 1.15. The molecule has 3 heterocycles. The predicted octanol–water partition coefficient (Wildman–Crippen LogP) is 3.53. The summed E-state index contributed by atoms with van der Waals surface area (Å²) in [6.07, 6.45) is -2.63. The van der Waals surface area contributed by atoms with Crippen LogP contribution in [0.4, 0.5) is 19.0 Å². The zero-order chi connectivity index (χ0) is 18.1. The first-order chi connectivity index (χ1) is 12.5. The lowest BCUT2D eigenvalue weighted by Crippen LogP contribution is -2.15. The minimum Gasteiger partial charge on any atom is -0.486 e. The second kappa shape index (κ2) is 6.60. The van der Waals surface area contributed by atoms with Crippen LogP contribution in [0.25, 0.3) is 10.3 Å². The molecule has 10 heteroatoms. The highest BCUT2D eigenvalue weighted by Crippen LogP contribution is 2.36. The molecule has 1 N–H and O–H groups in total. The molecule has 0 bridgehead atoms. The van der Waals surface area contributed by atoms with Crippen molar-refractivity contribution in [3.05, 3.63) is 35.1 Å². The SMILES string of the molecule is FC(F)(F)c1nc2c(NCCc3ccc4c(c3)OCCO4)ncnc2s1. The minimum atomic E-state index is -4.49. The number of rotatable bonds is 4. The lowest BCUT2D eigenvalue weighted by molar-refractivity contribution is -0.137. The Morgan fingerprint density at radius 3 is 2.73 bits per heavy atom. The molecule has 1 aromatic carbocycles. The summed E-state index contributed by atoms with van der Waals surface area (Å²) in [7, 11) is 0. The van der Waals surface area contributed by atoms with Crippen LogP contribution in [-0.4, -0.2) is 34.7 Å². The lowest BCUT2D eigenvalue weighted by atomic mass is 10.1. The summed E-state index contributed by atoms with van der Waals surface area (Å²) in [6, 6.07) is 5.68. The molecule has 0 spiro atoms. The summed E-state index contributed by atoms with van der Waals surface area (Å²) in [6.45, 7) is 1.52. The first kappa shape index (κ1) is 16.8. The van der Waals surface area contributed by atoms with Gasteiger partial charge in [-0.05, 0) is 24.1 Å². The number of halogens is 3. The summed E-state index contributed by atoms with van der Waals surface area (Å²) in [4.78, 5) is 11.7. The first-order valence-electron chi connectivity index (χ1n) is 7.82. The van der Waals surface area contributed by atoms with E-state index in [9.17, 15) is 13.2 Å². The first-order valence-corrected chi connectivity index (χ1v) is 8.63. The van der Waals surface area contributed by atoms with Crippen LogP contribution in [0.2, 0.25) is 0 Å². The molecule has 1 aliphatic heterocycles. The van der Waals surface area contributed by atoms with Crippen LogP contribution in [0, 0.1) is 0 Å². The Balaban J connectivity index is 1.47. The van der Waals surface area contributed by atoms with Gasteiger partial charge in [-0.3, -0.25) is 0 Å². The maximum Gasteiger partial charge on any atom is 0.443 e. The Morgan fingerprint density at radius 2 is 1.92 bits per heavy atom. The van der Waals surface area contributed by atoms with E-state index in [1.165, 1.54) is 6.33 Å². The minimum absolute atomic E-state index is 0.131. The molecule has 0 amide bonds. The lowest BCUT2D eigenvalue weighted by Gasteiger charge is -2.18. The highest BCUT2D eigenvalue weighted by atomic mass is 32.1. The van der Waals surface area contributed by atoms with Gasteiger partial charge in [0.25, 0.3) is 0 Å². The highest BCUT2D eigenvalue weighted by Gasteiger charge is 2.35. The fourth-order valence-electron chi connectivity index (χ4n) is 2.57. The number of hydrogen-bond donors (Lipinski definition) is 1. The van der Waals surface area contributed by atoms with Crippen LogP contribution in [0.15, 0.2) is 24.5 Å². The van der Waals surface area contributed by atoms with Gasteiger partial charge in [0.2, 0.25) is 5.01 Å². The number of aromatic nitrogens is 3. The van der Waals surface area contributed by atoms with E-state index in [0.717, 1.165) is 5.56 Å². The van der Waals surface area contributed by atoms with Gasteiger partial charge in [-0.1, -0.05) is 17.4 Å². The predicted molar refractivity (Wildman–Crippen MR) is 89.8 cm³/mol. The fourth-order valence-corrected chi connectivity index (χ4v) is 3.35. The zero-order valence-corrected chi connectivity index (χ0v) is 14.2. The van der Waals surface area contributed by atoms with Gasteiger partial charge in [-0.25, -0.2) is 15.0 Å². The number of ether oxygens (including phenoxy) is 2. The normalized spacial score (nSPS) is 13.8. The topological polar surface area (TPSA) is 69.2 Å². The molecule has 0 saturated heterocycles. The van der Waals surface area contributed by atoms with E-state index in [1.54, 1.807) is 0 Å². The van der Waals surface area contributed by atoms with Crippen molar-refractivity contribution in [3.63, 3.8) is 0 Å². The van der Waals surface area contributed by atoms with Crippen molar-refractivity contribution >= 4 is 27.5 Å². The molecule has 4 rings (SSSR count). The van der Waals surface area contributed by atoms with E-state index in [-0.39, 0.29) is 10.3 Å². The summed E-state index contributed by atoms with van der Waals surface area (Å²) in [5, 5.41) is 2.11. The molecule has 26 heavy (non-hydrogen) atoms. The number of alkyl halides is 3. The quantitative estimate of drug-likeness (QED) is 0.745. The maximum absolute atomic E-state index is 12.8. The Kier molecular flexibility index (Phi) is 4.27. The summed E-state index contributed by atoms with van der Waals surface area (Å²) in [5.74, 6) is 1.71. The van der Waals surface area contributed by atoms with Crippen LogP contribution < -0.4 is 14.8 Å². The third kappa shape index (κ3) is 3.36. The molecule has 0 saturated carbocycles. The Morgan fingerprint density at radius 1 is 1.12 bits per heavy atom. The molecule has 0 radical (unpaired) electrons. The van der Waals surface area contributed by atoms with Gasteiger partial charge in [0.15, 0.2) is 17.3 Å². The van der Waals surface area contributed by atoms with Crippen molar-refractivity contribution in [1.29, 1.82) is 0 Å². The van der Waals surface area contributed by atoms with Gasteiger partial charge in [0, 0.05) is 6.54 Å². The molecule has 0 atom stereocenters. The smallest absolute Gasteiger partial charge is 0.443 e. The maximum atomic E-state index is 12.8. The van der Waals surface area contributed by atoms with E-state index in [4.69, 9.17) is 9.47 Å². The second-order valence-corrected chi connectivity index (χ2v) is 6.53. The van der Waals surface area contributed by atoms with Crippen molar-refractivity contribution in [2.45, 2.75) is 12.6 Å². The monoisotopic (exact) mass is 382 g/mol. The van der Waals surface area contributed by atoms with Crippen molar-refractivity contribution in [1.82, 2.24) is 15.0 Å².